The Bertz CT molecular complexity index is 139. The molecule has 0 amide bonds. The van der Waals surface area contributed by atoms with Crippen molar-refractivity contribution >= 4 is 11.9 Å². The third kappa shape index (κ3) is 4.64. The maximum atomic E-state index is 9.77. The van der Waals surface area contributed by atoms with Gasteiger partial charge in [-0.1, -0.05) is 0 Å². The van der Waals surface area contributed by atoms with E-state index in [0.29, 0.717) is 0 Å². The van der Waals surface area contributed by atoms with Crippen molar-refractivity contribution in [3.63, 3.8) is 0 Å². The molecule has 0 aromatic rings. The van der Waals surface area contributed by atoms with E-state index >= 15 is 0 Å². The second-order valence-electron chi connectivity index (χ2n) is 1.57. The molecule has 0 saturated heterocycles. The second kappa shape index (κ2) is 5.83. The fourth-order valence-electron chi connectivity index (χ4n) is 0.270. The Morgan fingerprint density at radius 3 is 1.18 bits per heavy atom. The molecule has 0 radical (unpaired) electrons. The molecule has 0 aliphatic rings. The summed E-state index contributed by atoms with van der Waals surface area (Å²) in [4.78, 5) is 19.5. The summed E-state index contributed by atoms with van der Waals surface area (Å²) in [5.74, 6) is -3.54. The summed E-state index contributed by atoms with van der Waals surface area (Å²) < 4.78 is 0. The monoisotopic (exact) mass is 290 g/mol. The van der Waals surface area contributed by atoms with Crippen molar-refractivity contribution in [1.82, 2.24) is 0 Å². The smallest absolute Gasteiger partial charge is 0.335 e. The maximum absolute atomic E-state index is 9.77. The maximum Gasteiger partial charge on any atom is 0.335 e. The van der Waals surface area contributed by atoms with Crippen LogP contribution in [0.1, 0.15) is 0 Å². The Hall–Kier alpha value is 0.237. The summed E-state index contributed by atoms with van der Waals surface area (Å²) in [5, 5.41) is 32.5. The van der Waals surface area contributed by atoms with Crippen LogP contribution in [-0.2, 0) is 9.59 Å². The SMILES string of the molecule is O=C(O)C(O)C(O)C(=O)O.[Ce]. The average molecular weight is 290 g/mol. The van der Waals surface area contributed by atoms with Crippen LogP contribution in [-0.4, -0.2) is 44.6 Å². The van der Waals surface area contributed by atoms with Gasteiger partial charge in [0.25, 0.3) is 0 Å². The van der Waals surface area contributed by atoms with Crippen molar-refractivity contribution < 1.29 is 71.8 Å². The summed E-state index contributed by atoms with van der Waals surface area (Å²) in [6.45, 7) is 0. The number of carbonyl (C=O) groups is 2. The molecular weight excluding hydrogens is 284 g/mol. The van der Waals surface area contributed by atoms with Gasteiger partial charge in [-0.3, -0.25) is 0 Å². The summed E-state index contributed by atoms with van der Waals surface area (Å²) in [6, 6.07) is 0. The van der Waals surface area contributed by atoms with Gasteiger partial charge >= 0.3 is 11.9 Å². The molecule has 0 aliphatic carbocycles. The van der Waals surface area contributed by atoms with E-state index in [-0.39, 0.29) is 41.7 Å². The van der Waals surface area contributed by atoms with Crippen LogP contribution in [0.3, 0.4) is 0 Å². The topological polar surface area (TPSA) is 115 Å². The number of hydrogen-bond donors (Lipinski definition) is 4. The molecule has 11 heavy (non-hydrogen) atoms. The van der Waals surface area contributed by atoms with Gasteiger partial charge in [0.15, 0.2) is 12.2 Å². The number of rotatable bonds is 3. The van der Waals surface area contributed by atoms with Crippen molar-refractivity contribution in [1.29, 1.82) is 0 Å². The largest absolute Gasteiger partial charge is 0.479 e. The molecule has 0 aromatic carbocycles. The van der Waals surface area contributed by atoms with Crippen molar-refractivity contribution in [2.24, 2.45) is 0 Å². The first-order chi connectivity index (χ1) is 4.46. The molecule has 6 nitrogen and oxygen atoms in total. The molecule has 62 valence electrons. The first-order valence-electron chi connectivity index (χ1n) is 2.28. The summed E-state index contributed by atoms with van der Waals surface area (Å²) in [5.41, 5.74) is 0. The average Bonchev–Trinajstić information content (AvgIpc) is 1.84. The van der Waals surface area contributed by atoms with Gasteiger partial charge in [-0.15, -0.1) is 0 Å². The van der Waals surface area contributed by atoms with Gasteiger partial charge in [-0.05, 0) is 0 Å². The van der Waals surface area contributed by atoms with Gasteiger partial charge in [-0.25, -0.2) is 9.59 Å². The number of carboxylic acid groups (broad SMARTS) is 2. The zero-order chi connectivity index (χ0) is 8.31. The predicted octanol–water partition coefficient (Wildman–Crippen LogP) is -2.12. The van der Waals surface area contributed by atoms with E-state index in [2.05, 4.69) is 0 Å². The van der Waals surface area contributed by atoms with Crippen LogP contribution in [0, 0.1) is 41.7 Å². The zero-order valence-corrected chi connectivity index (χ0v) is 8.40. The number of aliphatic hydroxyl groups excluding tert-OH is 2. The Labute approximate surface area is 95.2 Å². The summed E-state index contributed by atoms with van der Waals surface area (Å²) in [6.07, 6.45) is -4.53. The van der Waals surface area contributed by atoms with Crippen LogP contribution in [0.15, 0.2) is 0 Å². The molecule has 4 N–H and O–H groups in total. The number of carboxylic acids is 2. The molecular formula is C4H6CeO6. The van der Waals surface area contributed by atoms with Gasteiger partial charge < -0.3 is 20.4 Å². The van der Waals surface area contributed by atoms with E-state index < -0.39 is 24.1 Å². The summed E-state index contributed by atoms with van der Waals surface area (Å²) in [7, 11) is 0. The molecule has 2 atom stereocenters. The third-order valence-corrected chi connectivity index (χ3v) is 0.805. The molecule has 0 aromatic heterocycles. The van der Waals surface area contributed by atoms with Gasteiger partial charge in [0, 0.05) is 41.7 Å². The molecule has 0 saturated carbocycles. The van der Waals surface area contributed by atoms with E-state index in [1.54, 1.807) is 0 Å². The Kier molecular flexibility index (Phi) is 7.32. The standard InChI is InChI=1S/C4H6O6.Ce/c5-1(3(7)8)2(6)4(9)10;/h1-2,5-6H,(H,7,8)(H,9,10);. The van der Waals surface area contributed by atoms with Crippen LogP contribution >= 0.6 is 0 Å². The van der Waals surface area contributed by atoms with Gasteiger partial charge in [0.05, 0.1) is 0 Å². The van der Waals surface area contributed by atoms with Crippen molar-refractivity contribution in [3.8, 4) is 0 Å². The molecule has 0 bridgehead atoms. The van der Waals surface area contributed by atoms with E-state index in [4.69, 9.17) is 20.4 Å². The Morgan fingerprint density at radius 1 is 0.909 bits per heavy atom. The van der Waals surface area contributed by atoms with Crippen LogP contribution in [0.25, 0.3) is 0 Å². The molecule has 0 fully saturated rings. The van der Waals surface area contributed by atoms with Gasteiger partial charge in [-0.2, -0.15) is 0 Å². The molecule has 0 spiro atoms. The van der Waals surface area contributed by atoms with Crippen molar-refractivity contribution in [2.75, 3.05) is 0 Å². The normalized spacial score (nSPS) is 14.4. The Balaban J connectivity index is 0. The fraction of sp³-hybridized carbons (Fsp3) is 0.500. The molecule has 0 aliphatic heterocycles. The van der Waals surface area contributed by atoms with Crippen molar-refractivity contribution in [2.45, 2.75) is 12.2 Å². The van der Waals surface area contributed by atoms with Crippen LogP contribution < -0.4 is 0 Å². The van der Waals surface area contributed by atoms with Crippen LogP contribution in [0.4, 0.5) is 0 Å². The molecule has 0 heterocycles. The molecule has 2 unspecified atom stereocenters. The Morgan fingerprint density at radius 2 is 1.09 bits per heavy atom. The zero-order valence-electron chi connectivity index (χ0n) is 5.26. The molecule has 0 rings (SSSR count). The van der Waals surface area contributed by atoms with E-state index in [1.165, 1.54) is 0 Å². The minimum absolute atomic E-state index is 0. The number of aliphatic hydroxyl groups is 2. The minimum atomic E-state index is -2.27. The fourth-order valence-corrected chi connectivity index (χ4v) is 0.270. The van der Waals surface area contributed by atoms with Crippen LogP contribution in [0.5, 0.6) is 0 Å². The second-order valence-corrected chi connectivity index (χ2v) is 1.57. The first-order valence-corrected chi connectivity index (χ1v) is 2.28. The van der Waals surface area contributed by atoms with Crippen LogP contribution in [0.2, 0.25) is 0 Å². The molecule has 7 heteroatoms. The van der Waals surface area contributed by atoms with E-state index in [0.717, 1.165) is 0 Å². The predicted molar refractivity (Wildman–Crippen MR) is 27.3 cm³/mol. The van der Waals surface area contributed by atoms with Crippen molar-refractivity contribution in [3.05, 3.63) is 0 Å². The van der Waals surface area contributed by atoms with Gasteiger partial charge in [0.1, 0.15) is 0 Å². The third-order valence-electron chi connectivity index (χ3n) is 0.805. The van der Waals surface area contributed by atoms with E-state index in [1.807, 2.05) is 0 Å². The number of hydrogen-bond acceptors (Lipinski definition) is 4. The minimum Gasteiger partial charge on any atom is -0.479 e. The number of aliphatic carboxylic acids is 2. The van der Waals surface area contributed by atoms with E-state index in [9.17, 15) is 9.59 Å². The summed E-state index contributed by atoms with van der Waals surface area (Å²) >= 11 is 0. The first kappa shape index (κ1) is 13.8. The quantitative estimate of drug-likeness (QED) is 0.472. The van der Waals surface area contributed by atoms with Gasteiger partial charge in [0.2, 0.25) is 0 Å².